The molecule has 1 aliphatic rings. The summed E-state index contributed by atoms with van der Waals surface area (Å²) in [6, 6.07) is 6.90. The van der Waals surface area contributed by atoms with Crippen LogP contribution < -0.4 is 20.3 Å². The fraction of sp³-hybridized carbons (Fsp3) is 0.259. The maximum atomic E-state index is 14.0. The molecule has 0 unspecified atom stereocenters. The Balaban J connectivity index is 2.03. The summed E-state index contributed by atoms with van der Waals surface area (Å²) in [6.07, 6.45) is 3.56. The van der Waals surface area contributed by atoms with E-state index in [1.807, 2.05) is 4.90 Å². The van der Waals surface area contributed by atoms with Crippen LogP contribution in [0.25, 0.3) is 27.9 Å². The van der Waals surface area contributed by atoms with E-state index in [9.17, 15) is 22.4 Å². The first-order valence-electron chi connectivity index (χ1n) is 12.0. The van der Waals surface area contributed by atoms with E-state index in [4.69, 9.17) is 10.1 Å². The molecule has 0 atom stereocenters. The molecule has 0 fully saturated rings. The molecule has 2 aromatic heterocycles. The SMILES string of the molecule is CN/C=C1/C=C(n2nc3c(CN(C)C)cc(OCC(F)F)nc3c(-c3ccc(OC(F)F)cc3)c2=O)C=CC1=N. The Labute approximate surface area is 226 Å². The molecule has 2 heterocycles. The number of pyridine rings is 1. The molecule has 0 radical (unpaired) electrons. The van der Waals surface area contributed by atoms with E-state index in [0.29, 0.717) is 34.5 Å². The topological polar surface area (TPSA) is 105 Å². The minimum absolute atomic E-state index is 0.0465. The number of nitrogens with zero attached hydrogens (tertiary/aromatic N) is 4. The molecule has 9 nitrogen and oxygen atoms in total. The van der Waals surface area contributed by atoms with Gasteiger partial charge in [0.05, 0.1) is 17.0 Å². The molecule has 0 spiro atoms. The van der Waals surface area contributed by atoms with Gasteiger partial charge >= 0.3 is 6.61 Å². The molecule has 1 aliphatic carbocycles. The number of rotatable bonds is 10. The molecule has 40 heavy (non-hydrogen) atoms. The van der Waals surface area contributed by atoms with Gasteiger partial charge in [-0.2, -0.15) is 18.6 Å². The third kappa shape index (κ3) is 6.37. The standard InChI is InChI=1S/C27H26F4N6O3/c1-33-12-16-10-18(6-9-20(16)32)37-26(38)23(15-4-7-19(8-5-15)40-27(30)31)25-24(35-37)17(13-36(2)3)11-22(34-25)39-14-21(28)29/h4-12,21,27,32-33H,13-14H2,1-3H3/b16-12-,32-20?. The van der Waals surface area contributed by atoms with Gasteiger partial charge in [-0.1, -0.05) is 12.1 Å². The highest BCUT2D eigenvalue weighted by molar-refractivity contribution is 6.12. The minimum Gasteiger partial charge on any atom is -0.472 e. The zero-order chi connectivity index (χ0) is 29.0. The van der Waals surface area contributed by atoms with Gasteiger partial charge in [0.2, 0.25) is 5.88 Å². The number of alkyl halides is 4. The molecule has 4 rings (SSSR count). The van der Waals surface area contributed by atoms with Crippen LogP contribution in [0.15, 0.2) is 65.1 Å². The molecule has 0 amide bonds. The van der Waals surface area contributed by atoms with Gasteiger partial charge in [0.1, 0.15) is 16.8 Å². The number of benzene rings is 1. The Hall–Kier alpha value is -4.52. The summed E-state index contributed by atoms with van der Waals surface area (Å²) in [5.74, 6) is -0.232. The summed E-state index contributed by atoms with van der Waals surface area (Å²) >= 11 is 0. The van der Waals surface area contributed by atoms with Gasteiger partial charge in [-0.25, -0.2) is 13.8 Å². The second-order valence-corrected chi connectivity index (χ2v) is 8.96. The molecular formula is C27H26F4N6O3. The smallest absolute Gasteiger partial charge is 0.387 e. The first kappa shape index (κ1) is 28.5. The number of fused-ring (bicyclic) bond motifs is 1. The lowest BCUT2D eigenvalue weighted by atomic mass is 10.0. The summed E-state index contributed by atoms with van der Waals surface area (Å²) in [5, 5.41) is 15.6. The lowest BCUT2D eigenvalue weighted by molar-refractivity contribution is -0.0498. The Morgan fingerprint density at radius 3 is 2.48 bits per heavy atom. The maximum Gasteiger partial charge on any atom is 0.387 e. The molecule has 0 bridgehead atoms. The number of halogens is 4. The fourth-order valence-electron chi connectivity index (χ4n) is 4.08. The van der Waals surface area contributed by atoms with Crippen molar-refractivity contribution in [1.82, 2.24) is 25.0 Å². The van der Waals surface area contributed by atoms with Crippen molar-refractivity contribution >= 4 is 22.4 Å². The van der Waals surface area contributed by atoms with Crippen LogP contribution in [0.3, 0.4) is 0 Å². The van der Waals surface area contributed by atoms with Crippen molar-refractivity contribution < 1.29 is 27.0 Å². The molecule has 13 heteroatoms. The molecule has 3 aromatic rings. The van der Waals surface area contributed by atoms with Gasteiger partial charge in [-0.05, 0) is 50.0 Å². The van der Waals surface area contributed by atoms with Crippen LogP contribution in [0.2, 0.25) is 0 Å². The van der Waals surface area contributed by atoms with E-state index < -0.39 is 25.2 Å². The second-order valence-electron chi connectivity index (χ2n) is 8.96. The average molecular weight is 559 g/mol. The van der Waals surface area contributed by atoms with E-state index in [2.05, 4.69) is 20.1 Å². The van der Waals surface area contributed by atoms with Gasteiger partial charge in [-0.3, -0.25) is 4.79 Å². The minimum atomic E-state index is -3.03. The van der Waals surface area contributed by atoms with Crippen LogP contribution in [0.4, 0.5) is 17.6 Å². The summed E-state index contributed by atoms with van der Waals surface area (Å²) in [4.78, 5) is 20.2. The third-order valence-electron chi connectivity index (χ3n) is 5.68. The first-order chi connectivity index (χ1) is 19.1. The quantitative estimate of drug-likeness (QED) is 0.358. The van der Waals surface area contributed by atoms with Crippen molar-refractivity contribution in [3.05, 3.63) is 76.3 Å². The monoisotopic (exact) mass is 558 g/mol. The number of aromatic nitrogens is 3. The number of nitrogens with one attached hydrogen (secondary N) is 2. The summed E-state index contributed by atoms with van der Waals surface area (Å²) in [5.41, 5.74) is 1.76. The van der Waals surface area contributed by atoms with Gasteiger partial charge in [0, 0.05) is 37.0 Å². The first-order valence-corrected chi connectivity index (χ1v) is 12.0. The van der Waals surface area contributed by atoms with Crippen molar-refractivity contribution in [2.75, 3.05) is 27.7 Å². The third-order valence-corrected chi connectivity index (χ3v) is 5.68. The normalized spacial score (nSPS) is 14.5. The summed E-state index contributed by atoms with van der Waals surface area (Å²) in [6.45, 7) is -3.62. The predicted octanol–water partition coefficient (Wildman–Crippen LogP) is 4.30. The summed E-state index contributed by atoms with van der Waals surface area (Å²) < 4.78 is 62.1. The van der Waals surface area contributed by atoms with E-state index in [1.165, 1.54) is 36.4 Å². The van der Waals surface area contributed by atoms with Crippen molar-refractivity contribution in [3.8, 4) is 22.8 Å². The number of allylic oxidation sites excluding steroid dienone is 5. The maximum absolute atomic E-state index is 14.0. The molecular weight excluding hydrogens is 532 g/mol. The predicted molar refractivity (Wildman–Crippen MR) is 143 cm³/mol. The van der Waals surface area contributed by atoms with Gasteiger partial charge in [-0.15, -0.1) is 0 Å². The molecule has 210 valence electrons. The van der Waals surface area contributed by atoms with E-state index >= 15 is 0 Å². The van der Waals surface area contributed by atoms with Crippen molar-refractivity contribution in [2.24, 2.45) is 0 Å². The highest BCUT2D eigenvalue weighted by atomic mass is 19.3. The van der Waals surface area contributed by atoms with Crippen molar-refractivity contribution in [2.45, 2.75) is 19.6 Å². The van der Waals surface area contributed by atoms with Crippen LogP contribution in [-0.2, 0) is 6.54 Å². The van der Waals surface area contributed by atoms with Crippen LogP contribution in [-0.4, -0.2) is 66.2 Å². The second kappa shape index (κ2) is 12.1. The van der Waals surface area contributed by atoms with Gasteiger partial charge in [0.15, 0.2) is 6.61 Å². The Kier molecular flexibility index (Phi) is 8.63. The molecule has 0 saturated carbocycles. The van der Waals surface area contributed by atoms with Crippen LogP contribution in [0.5, 0.6) is 11.6 Å². The largest absolute Gasteiger partial charge is 0.472 e. The highest BCUT2D eigenvalue weighted by Gasteiger charge is 2.22. The van der Waals surface area contributed by atoms with Gasteiger partial charge in [0.25, 0.3) is 12.0 Å². The van der Waals surface area contributed by atoms with E-state index in [-0.39, 0.29) is 28.4 Å². The van der Waals surface area contributed by atoms with E-state index in [1.54, 1.807) is 39.5 Å². The lowest BCUT2D eigenvalue weighted by Crippen LogP contribution is -2.26. The number of hydrogen-bond donors (Lipinski definition) is 2. The van der Waals surface area contributed by atoms with Crippen molar-refractivity contribution in [3.63, 3.8) is 0 Å². The zero-order valence-corrected chi connectivity index (χ0v) is 21.8. The molecule has 1 aromatic carbocycles. The fourth-order valence-corrected chi connectivity index (χ4v) is 4.08. The van der Waals surface area contributed by atoms with Gasteiger partial charge < -0.3 is 25.1 Å². The van der Waals surface area contributed by atoms with Crippen LogP contribution in [0, 0.1) is 5.41 Å². The summed E-state index contributed by atoms with van der Waals surface area (Å²) in [7, 11) is 5.29. The van der Waals surface area contributed by atoms with Crippen LogP contribution >= 0.6 is 0 Å². The highest BCUT2D eigenvalue weighted by Crippen LogP contribution is 2.31. The van der Waals surface area contributed by atoms with E-state index in [0.717, 1.165) is 4.68 Å². The average Bonchev–Trinajstić information content (AvgIpc) is 2.89. The zero-order valence-electron chi connectivity index (χ0n) is 21.8. The Morgan fingerprint density at radius 1 is 1.12 bits per heavy atom. The number of ether oxygens (including phenoxy) is 2. The lowest BCUT2D eigenvalue weighted by Gasteiger charge is -2.18. The molecule has 2 N–H and O–H groups in total. The van der Waals surface area contributed by atoms with Crippen LogP contribution in [0.1, 0.15) is 5.56 Å². The molecule has 0 aliphatic heterocycles. The molecule has 0 saturated heterocycles. The van der Waals surface area contributed by atoms with Crippen molar-refractivity contribution in [1.29, 1.82) is 5.41 Å². The number of hydrogen-bond acceptors (Lipinski definition) is 8. The Bertz CT molecular complexity index is 1560. The Morgan fingerprint density at radius 2 is 1.85 bits per heavy atom.